The molecule has 0 atom stereocenters. The van der Waals surface area contributed by atoms with Crippen molar-refractivity contribution in [2.24, 2.45) is 0 Å². The van der Waals surface area contributed by atoms with E-state index in [9.17, 15) is 4.79 Å². The zero-order valence-corrected chi connectivity index (χ0v) is 10.8. The van der Waals surface area contributed by atoms with Gasteiger partial charge >= 0.3 is 0 Å². The van der Waals surface area contributed by atoms with Crippen LogP contribution in [0.5, 0.6) is 0 Å². The van der Waals surface area contributed by atoms with Crippen molar-refractivity contribution in [2.75, 3.05) is 5.32 Å². The minimum atomic E-state index is -0.347. The highest BCUT2D eigenvalue weighted by Gasteiger charge is 2.46. The fraction of sp³-hybridized carbons (Fsp3) is 0.429. The molecule has 1 aliphatic carbocycles. The maximum absolute atomic E-state index is 12.2. The molecule has 1 N–H and O–H groups in total. The molecule has 18 heavy (non-hydrogen) atoms. The van der Waals surface area contributed by atoms with E-state index in [0.717, 1.165) is 36.9 Å². The Balaban J connectivity index is 0.00000120. The van der Waals surface area contributed by atoms with E-state index in [1.165, 1.54) is 6.42 Å². The van der Waals surface area contributed by atoms with Gasteiger partial charge in [0.25, 0.3) is 0 Å². The molecule has 3 nitrogen and oxygen atoms in total. The Morgan fingerprint density at radius 1 is 1.22 bits per heavy atom. The van der Waals surface area contributed by atoms with Crippen LogP contribution in [0.1, 0.15) is 43.2 Å². The van der Waals surface area contributed by atoms with E-state index < -0.39 is 0 Å². The molecule has 2 aliphatic rings. The Morgan fingerprint density at radius 2 is 1.94 bits per heavy atom. The lowest BCUT2D eigenvalue weighted by Crippen LogP contribution is -2.36. The second-order valence-corrected chi connectivity index (χ2v) is 4.97. The van der Waals surface area contributed by atoms with Crippen LogP contribution in [0.2, 0.25) is 0 Å². The monoisotopic (exact) mass is 262 g/mol. The van der Waals surface area contributed by atoms with Gasteiger partial charge in [-0.2, -0.15) is 5.26 Å². The second kappa shape index (κ2) is 4.62. The summed E-state index contributed by atoms with van der Waals surface area (Å²) in [5.41, 5.74) is 2.24. The van der Waals surface area contributed by atoms with Gasteiger partial charge in [-0.3, -0.25) is 4.79 Å². The molecule has 0 radical (unpaired) electrons. The van der Waals surface area contributed by atoms with Gasteiger partial charge in [0.15, 0.2) is 0 Å². The molecule has 0 aromatic heterocycles. The summed E-state index contributed by atoms with van der Waals surface area (Å²) in [7, 11) is 0. The summed E-state index contributed by atoms with van der Waals surface area (Å²) in [6.45, 7) is 0. The van der Waals surface area contributed by atoms with Crippen molar-refractivity contribution < 1.29 is 4.79 Å². The van der Waals surface area contributed by atoms with Gasteiger partial charge in [-0.05, 0) is 36.6 Å². The maximum atomic E-state index is 12.2. The van der Waals surface area contributed by atoms with Crippen LogP contribution in [0.3, 0.4) is 0 Å². The van der Waals surface area contributed by atoms with Gasteiger partial charge in [0.1, 0.15) is 0 Å². The summed E-state index contributed by atoms with van der Waals surface area (Å²) in [6.07, 6.45) is 5.25. The minimum absolute atomic E-state index is 0. The number of nitrogens with zero attached hydrogens (tertiary/aromatic N) is 1. The van der Waals surface area contributed by atoms with Gasteiger partial charge in [-0.25, -0.2) is 0 Å². The molecule has 1 spiro atoms. The summed E-state index contributed by atoms with van der Waals surface area (Å²) in [6, 6.07) is 7.66. The van der Waals surface area contributed by atoms with E-state index in [-0.39, 0.29) is 23.7 Å². The normalized spacial score (nSPS) is 19.6. The molecule has 1 aliphatic heterocycles. The standard InChI is InChI=1S/C14H14N2O.ClH/c15-9-10-4-5-12-11(8-10)14(13(17)16-12)6-2-1-3-7-14;/h4-5,8H,1-3,6-7H2,(H,16,17);1H. The molecule has 1 amide bonds. The number of anilines is 1. The van der Waals surface area contributed by atoms with Crippen LogP contribution in [0.25, 0.3) is 0 Å². The average molecular weight is 263 g/mol. The third-order valence-electron chi connectivity index (χ3n) is 4.05. The molecule has 0 unspecified atom stereocenters. The van der Waals surface area contributed by atoms with E-state index in [1.54, 1.807) is 6.07 Å². The van der Waals surface area contributed by atoms with Crippen LogP contribution < -0.4 is 5.32 Å². The Morgan fingerprint density at radius 3 is 2.61 bits per heavy atom. The highest BCUT2D eigenvalue weighted by molar-refractivity contribution is 6.06. The highest BCUT2D eigenvalue weighted by Crippen LogP contribution is 2.47. The van der Waals surface area contributed by atoms with Crippen LogP contribution in [0.4, 0.5) is 5.69 Å². The average Bonchev–Trinajstić information content (AvgIpc) is 2.63. The fourth-order valence-electron chi connectivity index (χ4n) is 3.13. The Kier molecular flexibility index (Phi) is 3.32. The number of nitrogens with one attached hydrogen (secondary N) is 1. The smallest absolute Gasteiger partial charge is 0.235 e. The summed E-state index contributed by atoms with van der Waals surface area (Å²) in [4.78, 5) is 12.2. The lowest BCUT2D eigenvalue weighted by molar-refractivity contribution is -0.121. The summed E-state index contributed by atoms with van der Waals surface area (Å²) in [5.74, 6) is 0.127. The third kappa shape index (κ3) is 1.69. The predicted molar refractivity (Wildman–Crippen MR) is 71.8 cm³/mol. The number of benzene rings is 1. The Labute approximate surface area is 113 Å². The Bertz CT molecular complexity index is 527. The number of rotatable bonds is 0. The first-order valence-electron chi connectivity index (χ1n) is 6.12. The van der Waals surface area contributed by atoms with E-state index in [2.05, 4.69) is 11.4 Å². The maximum Gasteiger partial charge on any atom is 0.235 e. The first kappa shape index (κ1) is 12.9. The molecular weight excluding hydrogens is 248 g/mol. The van der Waals surface area contributed by atoms with Gasteiger partial charge in [0.05, 0.1) is 17.0 Å². The third-order valence-corrected chi connectivity index (χ3v) is 4.05. The van der Waals surface area contributed by atoms with Crippen LogP contribution in [-0.2, 0) is 10.2 Å². The second-order valence-electron chi connectivity index (χ2n) is 4.97. The number of hydrogen-bond acceptors (Lipinski definition) is 2. The summed E-state index contributed by atoms with van der Waals surface area (Å²) in [5, 5.41) is 11.9. The number of carbonyl (C=O) groups excluding carboxylic acids is 1. The molecule has 1 saturated carbocycles. The van der Waals surface area contributed by atoms with Crippen molar-refractivity contribution in [3.8, 4) is 6.07 Å². The number of hydrogen-bond donors (Lipinski definition) is 1. The van der Waals surface area contributed by atoms with E-state index in [0.29, 0.717) is 5.56 Å². The van der Waals surface area contributed by atoms with Crippen molar-refractivity contribution >= 4 is 24.0 Å². The number of fused-ring (bicyclic) bond motifs is 2. The molecule has 0 saturated heterocycles. The van der Waals surface area contributed by atoms with Gasteiger partial charge in [-0.15, -0.1) is 12.4 Å². The van der Waals surface area contributed by atoms with Crippen molar-refractivity contribution in [2.45, 2.75) is 37.5 Å². The van der Waals surface area contributed by atoms with Crippen LogP contribution in [0, 0.1) is 11.3 Å². The molecule has 1 aromatic rings. The minimum Gasteiger partial charge on any atom is -0.325 e. The van der Waals surface area contributed by atoms with Gasteiger partial charge in [0.2, 0.25) is 5.91 Å². The van der Waals surface area contributed by atoms with E-state index in [1.807, 2.05) is 12.1 Å². The van der Waals surface area contributed by atoms with Crippen LogP contribution in [-0.4, -0.2) is 5.91 Å². The van der Waals surface area contributed by atoms with Crippen molar-refractivity contribution in [1.82, 2.24) is 0 Å². The number of carbonyl (C=O) groups is 1. The molecule has 94 valence electrons. The van der Waals surface area contributed by atoms with Crippen molar-refractivity contribution in [1.29, 1.82) is 5.26 Å². The largest absolute Gasteiger partial charge is 0.325 e. The summed E-state index contributed by atoms with van der Waals surface area (Å²) >= 11 is 0. The van der Waals surface area contributed by atoms with Crippen LogP contribution in [0.15, 0.2) is 18.2 Å². The van der Waals surface area contributed by atoms with Gasteiger partial charge in [-0.1, -0.05) is 19.3 Å². The first-order chi connectivity index (χ1) is 8.26. The number of halogens is 1. The first-order valence-corrected chi connectivity index (χ1v) is 6.12. The predicted octanol–water partition coefficient (Wildman–Crippen LogP) is 3.13. The van der Waals surface area contributed by atoms with Gasteiger partial charge < -0.3 is 5.32 Å². The molecule has 3 rings (SSSR count). The molecule has 4 heteroatoms. The molecule has 0 bridgehead atoms. The molecule has 1 aromatic carbocycles. The zero-order chi connectivity index (χ0) is 11.9. The molecular formula is C14H15ClN2O. The van der Waals surface area contributed by atoms with E-state index >= 15 is 0 Å². The Hall–Kier alpha value is -1.53. The van der Waals surface area contributed by atoms with Crippen molar-refractivity contribution in [3.05, 3.63) is 29.3 Å². The summed E-state index contributed by atoms with van der Waals surface area (Å²) < 4.78 is 0. The van der Waals surface area contributed by atoms with Crippen LogP contribution >= 0.6 is 12.4 Å². The highest BCUT2D eigenvalue weighted by atomic mass is 35.5. The molecule has 1 heterocycles. The van der Waals surface area contributed by atoms with Crippen molar-refractivity contribution in [3.63, 3.8) is 0 Å². The number of amides is 1. The fourth-order valence-corrected chi connectivity index (χ4v) is 3.13. The topological polar surface area (TPSA) is 52.9 Å². The zero-order valence-electron chi connectivity index (χ0n) is 10.0. The number of nitriles is 1. The lowest BCUT2D eigenvalue weighted by Gasteiger charge is -2.31. The SMILES string of the molecule is Cl.N#Cc1ccc2c(c1)C1(CCCCC1)C(=O)N2. The quantitative estimate of drug-likeness (QED) is 0.781. The van der Waals surface area contributed by atoms with Gasteiger partial charge in [0, 0.05) is 5.69 Å². The molecule has 1 fully saturated rings. The lowest BCUT2D eigenvalue weighted by atomic mass is 9.70. The van der Waals surface area contributed by atoms with E-state index in [4.69, 9.17) is 5.26 Å².